The van der Waals surface area contributed by atoms with Gasteiger partial charge in [0.1, 0.15) is 10.8 Å². The molecule has 0 bridgehead atoms. The molecular weight excluding hydrogens is 432 g/mol. The maximum atomic E-state index is 12.6. The van der Waals surface area contributed by atoms with Crippen LogP contribution in [0.1, 0.15) is 72.6 Å². The number of aromatic nitrogens is 3. The van der Waals surface area contributed by atoms with E-state index >= 15 is 0 Å². The number of thiophene rings is 1. The Morgan fingerprint density at radius 3 is 2.61 bits per heavy atom. The van der Waals surface area contributed by atoms with Crippen molar-refractivity contribution in [1.29, 1.82) is 0 Å². The van der Waals surface area contributed by atoms with Crippen molar-refractivity contribution in [3.8, 4) is 0 Å². The van der Waals surface area contributed by atoms with E-state index in [9.17, 15) is 9.59 Å². The molecule has 0 atom stereocenters. The molecule has 1 aliphatic carbocycles. The van der Waals surface area contributed by atoms with Gasteiger partial charge in [-0.2, -0.15) is 0 Å². The second-order valence-corrected chi connectivity index (χ2v) is 10.0. The van der Waals surface area contributed by atoms with E-state index in [0.29, 0.717) is 22.9 Å². The van der Waals surface area contributed by atoms with Gasteiger partial charge in [-0.05, 0) is 31.7 Å². The van der Waals surface area contributed by atoms with Gasteiger partial charge in [-0.1, -0.05) is 50.8 Å². The zero-order valence-electron chi connectivity index (χ0n) is 18.8. The molecule has 0 spiro atoms. The van der Waals surface area contributed by atoms with Gasteiger partial charge in [0.25, 0.3) is 0 Å². The lowest BCUT2D eigenvalue weighted by Crippen LogP contribution is -2.17. The van der Waals surface area contributed by atoms with Gasteiger partial charge >= 0.3 is 5.97 Å². The molecule has 0 aromatic carbocycles. The first kappa shape index (κ1) is 23.8. The molecule has 9 heteroatoms. The zero-order chi connectivity index (χ0) is 22.4. The molecule has 2 aromatic heterocycles. The maximum absolute atomic E-state index is 12.6. The summed E-state index contributed by atoms with van der Waals surface area (Å²) in [6.07, 6.45) is 8.16. The normalized spacial score (nSPS) is 14.6. The van der Waals surface area contributed by atoms with Gasteiger partial charge in [0.05, 0.1) is 18.4 Å². The number of aryl methyl sites for hydroxylation is 1. The number of rotatable bonds is 9. The predicted molar refractivity (Wildman–Crippen MR) is 125 cm³/mol. The van der Waals surface area contributed by atoms with Crippen LogP contribution in [-0.4, -0.2) is 39.5 Å². The van der Waals surface area contributed by atoms with Crippen molar-refractivity contribution in [3.05, 3.63) is 21.8 Å². The number of anilines is 1. The summed E-state index contributed by atoms with van der Waals surface area (Å²) in [6.45, 7) is 6.82. The monoisotopic (exact) mass is 464 g/mol. The van der Waals surface area contributed by atoms with Crippen molar-refractivity contribution in [3.63, 3.8) is 0 Å². The maximum Gasteiger partial charge on any atom is 0.341 e. The Hall–Kier alpha value is -1.87. The van der Waals surface area contributed by atoms with E-state index in [0.717, 1.165) is 34.4 Å². The number of amides is 1. The standard InChI is InChI=1S/C22H32N4O3S2/c1-5-16-14(3)31-20(19(16)21(28)29-4)23-18(27)13-30-22-25-24-17(26(22)6-2)12-15-10-8-7-9-11-15/h15H,5-13H2,1-4H3,(H,23,27). The lowest BCUT2D eigenvalue weighted by molar-refractivity contribution is -0.113. The molecule has 7 nitrogen and oxygen atoms in total. The lowest BCUT2D eigenvalue weighted by Gasteiger charge is -2.21. The first-order chi connectivity index (χ1) is 15.0. The van der Waals surface area contributed by atoms with E-state index < -0.39 is 5.97 Å². The fraction of sp³-hybridized carbons (Fsp3) is 0.636. The van der Waals surface area contributed by atoms with Crippen LogP contribution in [0.5, 0.6) is 0 Å². The average Bonchev–Trinajstić information content (AvgIpc) is 3.31. The molecule has 0 radical (unpaired) electrons. The van der Waals surface area contributed by atoms with E-state index in [-0.39, 0.29) is 11.7 Å². The summed E-state index contributed by atoms with van der Waals surface area (Å²) in [4.78, 5) is 25.9. The van der Waals surface area contributed by atoms with E-state index in [4.69, 9.17) is 4.74 Å². The van der Waals surface area contributed by atoms with Crippen molar-refractivity contribution in [2.24, 2.45) is 5.92 Å². The van der Waals surface area contributed by atoms with Crippen LogP contribution < -0.4 is 5.32 Å². The second-order valence-electron chi connectivity index (χ2n) is 7.87. The van der Waals surface area contributed by atoms with Crippen molar-refractivity contribution in [1.82, 2.24) is 14.8 Å². The van der Waals surface area contributed by atoms with Gasteiger partial charge < -0.3 is 14.6 Å². The van der Waals surface area contributed by atoms with Crippen LogP contribution in [0.25, 0.3) is 0 Å². The Morgan fingerprint density at radius 2 is 1.97 bits per heavy atom. The van der Waals surface area contributed by atoms with E-state index in [1.54, 1.807) is 0 Å². The number of ether oxygens (including phenoxy) is 1. The van der Waals surface area contributed by atoms with E-state index in [1.807, 2.05) is 13.8 Å². The molecule has 2 heterocycles. The molecule has 0 aliphatic heterocycles. The van der Waals surface area contributed by atoms with Crippen LogP contribution in [0.15, 0.2) is 5.16 Å². The third-order valence-electron chi connectivity index (χ3n) is 5.84. The first-order valence-electron chi connectivity index (χ1n) is 11.0. The van der Waals surface area contributed by atoms with Crippen LogP contribution in [0.2, 0.25) is 0 Å². The molecule has 2 aromatic rings. The highest BCUT2D eigenvalue weighted by molar-refractivity contribution is 7.99. The minimum absolute atomic E-state index is 0.168. The minimum Gasteiger partial charge on any atom is -0.465 e. The molecule has 31 heavy (non-hydrogen) atoms. The molecular formula is C22H32N4O3S2. The highest BCUT2D eigenvalue weighted by atomic mass is 32.2. The average molecular weight is 465 g/mol. The number of nitrogens with zero attached hydrogens (tertiary/aromatic N) is 3. The molecule has 1 aliphatic rings. The Kier molecular flexibility index (Phi) is 8.54. The Labute approximate surface area is 192 Å². The quantitative estimate of drug-likeness (QED) is 0.421. The van der Waals surface area contributed by atoms with Crippen molar-refractivity contribution in [2.45, 2.75) is 77.4 Å². The fourth-order valence-electron chi connectivity index (χ4n) is 4.25. The summed E-state index contributed by atoms with van der Waals surface area (Å²) in [5.41, 5.74) is 1.40. The third-order valence-corrected chi connectivity index (χ3v) is 7.87. The van der Waals surface area contributed by atoms with Crippen molar-refractivity contribution in [2.75, 3.05) is 18.2 Å². The number of methoxy groups -OCH3 is 1. The number of hydrogen-bond acceptors (Lipinski definition) is 7. The number of hydrogen-bond donors (Lipinski definition) is 1. The molecule has 1 N–H and O–H groups in total. The third kappa shape index (κ3) is 5.68. The second kappa shape index (κ2) is 11.1. The number of carbonyl (C=O) groups excluding carboxylic acids is 2. The van der Waals surface area contributed by atoms with Gasteiger partial charge in [0.2, 0.25) is 5.91 Å². The van der Waals surface area contributed by atoms with E-state index in [2.05, 4.69) is 27.0 Å². The van der Waals surface area contributed by atoms with Crippen LogP contribution >= 0.6 is 23.1 Å². The smallest absolute Gasteiger partial charge is 0.341 e. The lowest BCUT2D eigenvalue weighted by atomic mass is 9.87. The SMILES string of the molecule is CCc1c(C)sc(NC(=O)CSc2nnc(CC3CCCCC3)n2CC)c1C(=O)OC. The van der Waals surface area contributed by atoms with Crippen molar-refractivity contribution >= 4 is 40.0 Å². The summed E-state index contributed by atoms with van der Waals surface area (Å²) in [7, 11) is 1.36. The number of thioether (sulfide) groups is 1. The molecule has 170 valence electrons. The summed E-state index contributed by atoms with van der Waals surface area (Å²) in [6, 6.07) is 0. The van der Waals surface area contributed by atoms with Crippen LogP contribution in [0, 0.1) is 12.8 Å². The van der Waals surface area contributed by atoms with Gasteiger partial charge in [-0.15, -0.1) is 21.5 Å². The first-order valence-corrected chi connectivity index (χ1v) is 12.8. The Bertz CT molecular complexity index is 916. The summed E-state index contributed by atoms with van der Waals surface area (Å²) < 4.78 is 7.05. The van der Waals surface area contributed by atoms with Crippen LogP contribution in [0.4, 0.5) is 5.00 Å². The Morgan fingerprint density at radius 1 is 1.23 bits per heavy atom. The zero-order valence-corrected chi connectivity index (χ0v) is 20.5. The van der Waals surface area contributed by atoms with Crippen molar-refractivity contribution < 1.29 is 14.3 Å². The van der Waals surface area contributed by atoms with Crippen LogP contribution in [-0.2, 0) is 28.9 Å². The highest BCUT2D eigenvalue weighted by Crippen LogP contribution is 2.34. The van der Waals surface area contributed by atoms with Gasteiger partial charge in [0, 0.05) is 17.8 Å². The summed E-state index contributed by atoms with van der Waals surface area (Å²) >= 11 is 2.80. The highest BCUT2D eigenvalue weighted by Gasteiger charge is 2.24. The molecule has 1 fully saturated rings. The number of nitrogens with one attached hydrogen (secondary N) is 1. The molecule has 1 amide bonds. The summed E-state index contributed by atoms with van der Waals surface area (Å²) in [5, 5.41) is 13.0. The van der Waals surface area contributed by atoms with Gasteiger partial charge in [-0.3, -0.25) is 4.79 Å². The Balaban J connectivity index is 1.64. The fourth-order valence-corrected chi connectivity index (χ4v) is 6.22. The van der Waals surface area contributed by atoms with Gasteiger partial charge in [-0.25, -0.2) is 4.79 Å². The molecule has 0 unspecified atom stereocenters. The number of carbonyl (C=O) groups is 2. The molecule has 1 saturated carbocycles. The largest absolute Gasteiger partial charge is 0.465 e. The van der Waals surface area contributed by atoms with Gasteiger partial charge in [0.15, 0.2) is 5.16 Å². The minimum atomic E-state index is -0.415. The number of esters is 1. The summed E-state index contributed by atoms with van der Waals surface area (Å²) in [5.74, 6) is 1.34. The topological polar surface area (TPSA) is 86.1 Å². The predicted octanol–water partition coefficient (Wildman–Crippen LogP) is 4.87. The molecule has 3 rings (SSSR count). The molecule has 0 saturated heterocycles. The van der Waals surface area contributed by atoms with Crippen LogP contribution in [0.3, 0.4) is 0 Å². The van der Waals surface area contributed by atoms with E-state index in [1.165, 1.54) is 62.3 Å².